The van der Waals surface area contributed by atoms with E-state index in [9.17, 15) is 9.59 Å². The molecule has 0 aliphatic rings. The lowest BCUT2D eigenvalue weighted by atomic mass is 10.2. The highest BCUT2D eigenvalue weighted by Crippen LogP contribution is 1.98. The molecule has 0 saturated heterocycles. The van der Waals surface area contributed by atoms with Gasteiger partial charge in [-0.05, 0) is 6.42 Å². The number of carboxylic acids is 1. The Labute approximate surface area is 108 Å². The quantitative estimate of drug-likeness (QED) is 0.476. The molecule has 0 rings (SSSR count). The summed E-state index contributed by atoms with van der Waals surface area (Å²) in [7, 11) is 1.56. The predicted molar refractivity (Wildman–Crippen MR) is 68.5 cm³/mol. The van der Waals surface area contributed by atoms with Crippen molar-refractivity contribution in [2.75, 3.05) is 33.4 Å². The summed E-state index contributed by atoms with van der Waals surface area (Å²) in [6.07, 6.45) is 2.55. The zero-order chi connectivity index (χ0) is 14.0. The number of amides is 2. The van der Waals surface area contributed by atoms with E-state index in [1.54, 1.807) is 20.0 Å². The van der Waals surface area contributed by atoms with Crippen molar-refractivity contribution < 1.29 is 19.4 Å². The van der Waals surface area contributed by atoms with E-state index in [4.69, 9.17) is 9.84 Å². The van der Waals surface area contributed by atoms with Crippen LogP contribution in [-0.4, -0.2) is 55.4 Å². The summed E-state index contributed by atoms with van der Waals surface area (Å²) in [5.41, 5.74) is 0. The Kier molecular flexibility index (Phi) is 8.65. The second kappa shape index (κ2) is 9.47. The topological polar surface area (TPSA) is 78.9 Å². The van der Waals surface area contributed by atoms with Crippen LogP contribution in [0.1, 0.15) is 13.3 Å². The molecule has 0 heterocycles. The molecule has 0 aromatic heterocycles. The predicted octanol–water partition coefficient (Wildman–Crippen LogP) is 0.941. The van der Waals surface area contributed by atoms with Crippen LogP contribution in [0.4, 0.5) is 4.79 Å². The average Bonchev–Trinajstić information content (AvgIpc) is 2.32. The molecule has 6 heteroatoms. The normalized spacial score (nSPS) is 11.7. The zero-order valence-electron chi connectivity index (χ0n) is 11.0. The number of aliphatic carboxylic acids is 1. The van der Waals surface area contributed by atoms with Crippen molar-refractivity contribution in [3.63, 3.8) is 0 Å². The van der Waals surface area contributed by atoms with Gasteiger partial charge in [-0.25, -0.2) is 4.79 Å². The molecule has 0 bridgehead atoms. The molecule has 6 nitrogen and oxygen atoms in total. The number of rotatable bonds is 9. The first kappa shape index (κ1) is 16.4. The zero-order valence-corrected chi connectivity index (χ0v) is 11.0. The summed E-state index contributed by atoms with van der Waals surface area (Å²) in [5.74, 6) is -1.49. The van der Waals surface area contributed by atoms with Crippen molar-refractivity contribution in [2.24, 2.45) is 5.92 Å². The number of nitrogens with one attached hydrogen (secondary N) is 1. The van der Waals surface area contributed by atoms with Crippen molar-refractivity contribution >= 4 is 12.0 Å². The van der Waals surface area contributed by atoms with Crippen LogP contribution in [0.15, 0.2) is 12.7 Å². The van der Waals surface area contributed by atoms with Gasteiger partial charge < -0.3 is 20.1 Å². The molecule has 18 heavy (non-hydrogen) atoms. The van der Waals surface area contributed by atoms with E-state index in [1.165, 1.54) is 4.90 Å². The third kappa shape index (κ3) is 7.67. The number of ether oxygens (including phenoxy) is 1. The van der Waals surface area contributed by atoms with Gasteiger partial charge in [-0.2, -0.15) is 0 Å². The van der Waals surface area contributed by atoms with Crippen molar-refractivity contribution in [1.29, 1.82) is 0 Å². The standard InChI is InChI=1S/C12H22N2O4/c1-4-5-7-18-8-6-13-12(17)14(3)9-10(2)11(15)16/h4,10H,1,5-9H2,2-3H3,(H,13,17)(H,15,16). The molecule has 2 N–H and O–H groups in total. The third-order valence-electron chi connectivity index (χ3n) is 2.30. The van der Waals surface area contributed by atoms with Crippen LogP contribution in [0.25, 0.3) is 0 Å². The van der Waals surface area contributed by atoms with Crippen molar-refractivity contribution in [2.45, 2.75) is 13.3 Å². The van der Waals surface area contributed by atoms with E-state index < -0.39 is 11.9 Å². The maximum atomic E-state index is 11.5. The first-order chi connectivity index (χ1) is 8.49. The molecular formula is C12H22N2O4. The van der Waals surface area contributed by atoms with E-state index >= 15 is 0 Å². The molecule has 0 aromatic rings. The smallest absolute Gasteiger partial charge is 0.317 e. The van der Waals surface area contributed by atoms with E-state index in [-0.39, 0.29) is 12.6 Å². The van der Waals surface area contributed by atoms with E-state index in [2.05, 4.69) is 11.9 Å². The van der Waals surface area contributed by atoms with Crippen LogP contribution in [0, 0.1) is 5.92 Å². The number of nitrogens with zero attached hydrogens (tertiary/aromatic N) is 1. The lowest BCUT2D eigenvalue weighted by Crippen LogP contribution is -2.41. The van der Waals surface area contributed by atoms with Crippen molar-refractivity contribution in [3.8, 4) is 0 Å². The van der Waals surface area contributed by atoms with Crippen LogP contribution in [0.5, 0.6) is 0 Å². The Hall–Kier alpha value is -1.56. The highest BCUT2D eigenvalue weighted by molar-refractivity contribution is 5.75. The lowest BCUT2D eigenvalue weighted by molar-refractivity contribution is -0.141. The minimum absolute atomic E-state index is 0.179. The van der Waals surface area contributed by atoms with Crippen LogP contribution in [0.3, 0.4) is 0 Å². The fraction of sp³-hybridized carbons (Fsp3) is 0.667. The van der Waals surface area contributed by atoms with Gasteiger partial charge in [0, 0.05) is 20.1 Å². The summed E-state index contributed by atoms with van der Waals surface area (Å²) < 4.78 is 5.22. The van der Waals surface area contributed by atoms with E-state index in [1.807, 2.05) is 0 Å². The van der Waals surface area contributed by atoms with Gasteiger partial charge in [0.1, 0.15) is 0 Å². The summed E-state index contributed by atoms with van der Waals surface area (Å²) in [6, 6.07) is -0.296. The third-order valence-corrected chi connectivity index (χ3v) is 2.30. The highest BCUT2D eigenvalue weighted by atomic mass is 16.5. The Morgan fingerprint density at radius 3 is 2.72 bits per heavy atom. The Morgan fingerprint density at radius 2 is 2.17 bits per heavy atom. The Morgan fingerprint density at radius 1 is 1.50 bits per heavy atom. The monoisotopic (exact) mass is 258 g/mol. The van der Waals surface area contributed by atoms with Gasteiger partial charge in [0.2, 0.25) is 0 Å². The van der Waals surface area contributed by atoms with Crippen LogP contribution >= 0.6 is 0 Å². The first-order valence-corrected chi connectivity index (χ1v) is 5.89. The minimum Gasteiger partial charge on any atom is -0.481 e. The molecule has 1 unspecified atom stereocenters. The molecule has 0 radical (unpaired) electrons. The molecule has 2 amide bonds. The van der Waals surface area contributed by atoms with Gasteiger partial charge in [-0.1, -0.05) is 13.0 Å². The lowest BCUT2D eigenvalue weighted by Gasteiger charge is -2.19. The minimum atomic E-state index is -0.914. The number of urea groups is 1. The molecule has 104 valence electrons. The van der Waals surface area contributed by atoms with Gasteiger partial charge >= 0.3 is 12.0 Å². The number of carboxylic acid groups (broad SMARTS) is 1. The molecule has 0 spiro atoms. The number of hydrogen-bond donors (Lipinski definition) is 2. The fourth-order valence-electron chi connectivity index (χ4n) is 1.21. The van der Waals surface area contributed by atoms with Crippen LogP contribution in [-0.2, 0) is 9.53 Å². The summed E-state index contributed by atoms with van der Waals surface area (Å²) in [4.78, 5) is 23.5. The fourth-order valence-corrected chi connectivity index (χ4v) is 1.21. The van der Waals surface area contributed by atoms with Crippen molar-refractivity contribution in [3.05, 3.63) is 12.7 Å². The van der Waals surface area contributed by atoms with E-state index in [0.717, 1.165) is 6.42 Å². The van der Waals surface area contributed by atoms with Gasteiger partial charge in [-0.15, -0.1) is 6.58 Å². The Bertz CT molecular complexity index is 281. The molecule has 0 fully saturated rings. The summed E-state index contributed by atoms with van der Waals surface area (Å²) >= 11 is 0. The van der Waals surface area contributed by atoms with Crippen LogP contribution in [0.2, 0.25) is 0 Å². The maximum absolute atomic E-state index is 11.5. The molecule has 1 atom stereocenters. The van der Waals surface area contributed by atoms with E-state index in [0.29, 0.717) is 19.8 Å². The van der Waals surface area contributed by atoms with Gasteiger partial charge in [-0.3, -0.25) is 4.79 Å². The largest absolute Gasteiger partial charge is 0.481 e. The Balaban J connectivity index is 3.68. The molecule has 0 aromatic carbocycles. The van der Waals surface area contributed by atoms with Gasteiger partial charge in [0.15, 0.2) is 0 Å². The average molecular weight is 258 g/mol. The SMILES string of the molecule is C=CCCOCCNC(=O)N(C)CC(C)C(=O)O. The first-order valence-electron chi connectivity index (χ1n) is 5.89. The summed E-state index contributed by atoms with van der Waals surface area (Å²) in [5, 5.41) is 11.4. The summed E-state index contributed by atoms with van der Waals surface area (Å²) in [6.45, 7) is 6.73. The number of hydrogen-bond acceptors (Lipinski definition) is 3. The molecule has 0 aliphatic heterocycles. The van der Waals surface area contributed by atoms with Crippen LogP contribution < -0.4 is 5.32 Å². The second-order valence-corrected chi connectivity index (χ2v) is 4.04. The van der Waals surface area contributed by atoms with Crippen molar-refractivity contribution in [1.82, 2.24) is 10.2 Å². The maximum Gasteiger partial charge on any atom is 0.317 e. The number of carbonyl (C=O) groups is 2. The molecule has 0 aliphatic carbocycles. The number of carbonyl (C=O) groups excluding carboxylic acids is 1. The second-order valence-electron chi connectivity index (χ2n) is 4.04. The van der Waals surface area contributed by atoms with Gasteiger partial charge in [0.05, 0.1) is 19.1 Å². The van der Waals surface area contributed by atoms with Gasteiger partial charge in [0.25, 0.3) is 0 Å². The highest BCUT2D eigenvalue weighted by Gasteiger charge is 2.16. The molecular weight excluding hydrogens is 236 g/mol. The molecule has 0 saturated carbocycles.